The molecule has 92 valence electrons. The van der Waals surface area contributed by atoms with Gasteiger partial charge in [-0.25, -0.2) is 0 Å². The van der Waals surface area contributed by atoms with Crippen LogP contribution in [0.15, 0.2) is 24.3 Å². The van der Waals surface area contributed by atoms with Gasteiger partial charge in [-0.3, -0.25) is 4.79 Å². The van der Waals surface area contributed by atoms with E-state index in [1.54, 1.807) is 0 Å². The molecule has 1 unspecified atom stereocenters. The van der Waals surface area contributed by atoms with E-state index < -0.39 is 0 Å². The van der Waals surface area contributed by atoms with E-state index in [2.05, 4.69) is 26.0 Å². The molecule has 1 aliphatic rings. The first-order valence-electron chi connectivity index (χ1n) is 6.49. The molecular formula is C15H21NO. The molecule has 0 aromatic heterocycles. The molecule has 1 aromatic carbocycles. The van der Waals surface area contributed by atoms with Gasteiger partial charge in [0.1, 0.15) is 0 Å². The number of carbonyl (C=O) groups is 1. The van der Waals surface area contributed by atoms with Crippen LogP contribution in [0, 0.1) is 12.8 Å². The number of hydrogen-bond acceptors (Lipinski definition) is 1. The van der Waals surface area contributed by atoms with E-state index in [0.717, 1.165) is 25.9 Å². The molecule has 2 rings (SSSR count). The molecule has 1 amide bonds. The highest BCUT2D eigenvalue weighted by atomic mass is 16.2. The van der Waals surface area contributed by atoms with Gasteiger partial charge in [0.2, 0.25) is 5.91 Å². The number of likely N-dealkylation sites (tertiary alicyclic amines) is 1. The Morgan fingerprint density at radius 1 is 1.41 bits per heavy atom. The van der Waals surface area contributed by atoms with Gasteiger partial charge in [0.25, 0.3) is 0 Å². The van der Waals surface area contributed by atoms with Gasteiger partial charge in [-0.1, -0.05) is 31.2 Å². The van der Waals surface area contributed by atoms with Crippen LogP contribution < -0.4 is 0 Å². The van der Waals surface area contributed by atoms with Crippen molar-refractivity contribution < 1.29 is 4.79 Å². The zero-order chi connectivity index (χ0) is 12.3. The van der Waals surface area contributed by atoms with Gasteiger partial charge >= 0.3 is 0 Å². The fourth-order valence-electron chi connectivity index (χ4n) is 2.45. The summed E-state index contributed by atoms with van der Waals surface area (Å²) in [6.45, 7) is 6.23. The first-order valence-corrected chi connectivity index (χ1v) is 6.49. The highest BCUT2D eigenvalue weighted by Crippen LogP contribution is 2.17. The predicted octanol–water partition coefficient (Wildman–Crippen LogP) is 2.80. The third-order valence-corrected chi connectivity index (χ3v) is 3.65. The van der Waals surface area contributed by atoms with Crippen LogP contribution >= 0.6 is 0 Å². The standard InChI is InChI=1S/C15H21NO/c1-12-9-10-16(11-12)15(17)8-7-14-6-4-3-5-13(14)2/h3-6,12H,7-11H2,1-2H3. The minimum atomic E-state index is 0.317. The molecule has 0 radical (unpaired) electrons. The van der Waals surface area contributed by atoms with Crippen molar-refractivity contribution >= 4 is 5.91 Å². The van der Waals surface area contributed by atoms with Crippen LogP contribution in [-0.4, -0.2) is 23.9 Å². The Morgan fingerprint density at radius 2 is 2.18 bits per heavy atom. The monoisotopic (exact) mass is 231 g/mol. The molecular weight excluding hydrogens is 210 g/mol. The zero-order valence-corrected chi connectivity index (χ0v) is 10.8. The Kier molecular flexibility index (Phi) is 3.82. The average Bonchev–Trinajstić information content (AvgIpc) is 2.74. The van der Waals surface area contributed by atoms with Crippen LogP contribution in [0.1, 0.15) is 30.9 Å². The summed E-state index contributed by atoms with van der Waals surface area (Å²) in [5.41, 5.74) is 2.59. The summed E-state index contributed by atoms with van der Waals surface area (Å²) in [7, 11) is 0. The van der Waals surface area contributed by atoms with Gasteiger partial charge in [0, 0.05) is 19.5 Å². The summed E-state index contributed by atoms with van der Waals surface area (Å²) in [4.78, 5) is 14.0. The second-order valence-corrected chi connectivity index (χ2v) is 5.16. The van der Waals surface area contributed by atoms with E-state index >= 15 is 0 Å². The molecule has 0 N–H and O–H groups in total. The maximum atomic E-state index is 12.0. The smallest absolute Gasteiger partial charge is 0.222 e. The summed E-state index contributed by atoms with van der Waals surface area (Å²) >= 11 is 0. The molecule has 0 saturated carbocycles. The number of nitrogens with zero attached hydrogens (tertiary/aromatic N) is 1. The van der Waals surface area contributed by atoms with E-state index in [-0.39, 0.29) is 0 Å². The largest absolute Gasteiger partial charge is 0.342 e. The van der Waals surface area contributed by atoms with Gasteiger partial charge in [-0.15, -0.1) is 0 Å². The number of amides is 1. The predicted molar refractivity (Wildman–Crippen MR) is 69.9 cm³/mol. The first-order chi connectivity index (χ1) is 8.16. The molecule has 0 spiro atoms. The van der Waals surface area contributed by atoms with Crippen molar-refractivity contribution in [3.8, 4) is 0 Å². The second kappa shape index (κ2) is 5.35. The summed E-state index contributed by atoms with van der Waals surface area (Å²) in [6.07, 6.45) is 2.68. The summed E-state index contributed by atoms with van der Waals surface area (Å²) in [5, 5.41) is 0. The first kappa shape index (κ1) is 12.2. The van der Waals surface area contributed by atoms with Crippen LogP contribution in [0.5, 0.6) is 0 Å². The van der Waals surface area contributed by atoms with Crippen molar-refractivity contribution in [2.45, 2.75) is 33.1 Å². The van der Waals surface area contributed by atoms with E-state index in [1.807, 2.05) is 17.0 Å². The Morgan fingerprint density at radius 3 is 2.82 bits per heavy atom. The molecule has 1 heterocycles. The van der Waals surface area contributed by atoms with Crippen molar-refractivity contribution in [3.63, 3.8) is 0 Å². The van der Waals surface area contributed by atoms with Crippen LogP contribution in [0.2, 0.25) is 0 Å². The molecule has 17 heavy (non-hydrogen) atoms. The maximum absolute atomic E-state index is 12.0. The van der Waals surface area contributed by atoms with Gasteiger partial charge in [0.15, 0.2) is 0 Å². The van der Waals surface area contributed by atoms with Crippen molar-refractivity contribution in [3.05, 3.63) is 35.4 Å². The van der Waals surface area contributed by atoms with Gasteiger partial charge in [0.05, 0.1) is 0 Å². The Balaban J connectivity index is 1.86. The Bertz CT molecular complexity index is 400. The van der Waals surface area contributed by atoms with Crippen molar-refractivity contribution in [1.29, 1.82) is 0 Å². The molecule has 1 aliphatic heterocycles. The molecule has 1 fully saturated rings. The van der Waals surface area contributed by atoms with E-state index in [9.17, 15) is 4.79 Å². The minimum Gasteiger partial charge on any atom is -0.342 e. The normalized spacial score (nSPS) is 19.6. The summed E-state index contributed by atoms with van der Waals surface area (Å²) < 4.78 is 0. The fourth-order valence-corrected chi connectivity index (χ4v) is 2.45. The van der Waals surface area contributed by atoms with Crippen LogP contribution in [-0.2, 0) is 11.2 Å². The summed E-state index contributed by atoms with van der Waals surface area (Å²) in [5.74, 6) is 0.995. The molecule has 2 nitrogen and oxygen atoms in total. The molecule has 0 aliphatic carbocycles. The lowest BCUT2D eigenvalue weighted by Crippen LogP contribution is -2.28. The van der Waals surface area contributed by atoms with Gasteiger partial charge in [-0.05, 0) is 36.8 Å². The molecule has 0 bridgehead atoms. The number of carbonyl (C=O) groups excluding carboxylic acids is 1. The number of rotatable bonds is 3. The highest BCUT2D eigenvalue weighted by Gasteiger charge is 2.22. The van der Waals surface area contributed by atoms with Crippen LogP contribution in [0.25, 0.3) is 0 Å². The fraction of sp³-hybridized carbons (Fsp3) is 0.533. The topological polar surface area (TPSA) is 20.3 Å². The molecule has 1 atom stereocenters. The molecule has 1 aromatic rings. The van der Waals surface area contributed by atoms with E-state index in [1.165, 1.54) is 11.1 Å². The van der Waals surface area contributed by atoms with Gasteiger partial charge < -0.3 is 4.90 Å². The van der Waals surface area contributed by atoms with Crippen molar-refractivity contribution in [2.75, 3.05) is 13.1 Å². The van der Waals surface area contributed by atoms with Crippen molar-refractivity contribution in [1.82, 2.24) is 4.90 Å². The zero-order valence-electron chi connectivity index (χ0n) is 10.8. The van der Waals surface area contributed by atoms with Crippen LogP contribution in [0.4, 0.5) is 0 Å². The highest BCUT2D eigenvalue weighted by molar-refractivity contribution is 5.76. The lowest BCUT2D eigenvalue weighted by atomic mass is 10.0. The molecule has 1 saturated heterocycles. The maximum Gasteiger partial charge on any atom is 0.222 e. The van der Waals surface area contributed by atoms with Crippen LogP contribution in [0.3, 0.4) is 0 Å². The second-order valence-electron chi connectivity index (χ2n) is 5.16. The number of aryl methyl sites for hydroxylation is 2. The SMILES string of the molecule is Cc1ccccc1CCC(=O)N1CCC(C)C1. The molecule has 2 heteroatoms. The quantitative estimate of drug-likeness (QED) is 0.783. The van der Waals surface area contributed by atoms with E-state index in [4.69, 9.17) is 0 Å². The summed E-state index contributed by atoms with van der Waals surface area (Å²) in [6, 6.07) is 8.32. The lowest BCUT2D eigenvalue weighted by molar-refractivity contribution is -0.130. The van der Waals surface area contributed by atoms with Gasteiger partial charge in [-0.2, -0.15) is 0 Å². The third kappa shape index (κ3) is 3.09. The third-order valence-electron chi connectivity index (χ3n) is 3.65. The van der Waals surface area contributed by atoms with Crippen molar-refractivity contribution in [2.24, 2.45) is 5.92 Å². The Labute approximate surface area is 104 Å². The minimum absolute atomic E-state index is 0.317. The van der Waals surface area contributed by atoms with E-state index in [0.29, 0.717) is 18.2 Å². The lowest BCUT2D eigenvalue weighted by Gasteiger charge is -2.16. The average molecular weight is 231 g/mol. The number of benzene rings is 1. The number of hydrogen-bond donors (Lipinski definition) is 0. The Hall–Kier alpha value is -1.31.